The number of aromatic nitrogens is 4. The highest BCUT2D eigenvalue weighted by Crippen LogP contribution is 2.38. The Morgan fingerprint density at radius 2 is 2.12 bits per heavy atom. The number of fused-ring (bicyclic) bond motifs is 1. The number of nitrogens with one attached hydrogen (secondary N) is 1. The van der Waals surface area contributed by atoms with Gasteiger partial charge in [-0.15, -0.1) is 6.42 Å². The number of phosphoric ester groups is 1. The van der Waals surface area contributed by atoms with Gasteiger partial charge in [0.25, 0.3) is 0 Å². The lowest BCUT2D eigenvalue weighted by atomic mass is 10.1. The van der Waals surface area contributed by atoms with Crippen LogP contribution in [0.25, 0.3) is 11.2 Å². The maximum Gasteiger partial charge on any atom is 0.469 e. The Hall–Kier alpha value is -2.10. The molecule has 0 bridgehead atoms. The molecule has 1 aliphatic rings. The quantitative estimate of drug-likeness (QED) is 0.292. The van der Waals surface area contributed by atoms with E-state index in [9.17, 15) is 14.8 Å². The van der Waals surface area contributed by atoms with Crippen LogP contribution in [0.2, 0.25) is 0 Å². The first-order valence-electron chi connectivity index (χ1n) is 7.38. The van der Waals surface area contributed by atoms with Crippen LogP contribution in [-0.4, -0.2) is 71.0 Å². The summed E-state index contributed by atoms with van der Waals surface area (Å²) in [6.07, 6.45) is 2.75. The second-order valence-corrected chi connectivity index (χ2v) is 6.68. The molecule has 2 aromatic rings. The number of phosphoric acid groups is 1. The summed E-state index contributed by atoms with van der Waals surface area (Å²) in [6.45, 7) is -0.377. The first kappa shape index (κ1) is 18.7. The highest BCUT2D eigenvalue weighted by atomic mass is 31.2. The van der Waals surface area contributed by atoms with Crippen molar-refractivity contribution >= 4 is 24.8 Å². The molecule has 0 saturated carbocycles. The van der Waals surface area contributed by atoms with E-state index < -0.39 is 39.0 Å². The van der Waals surface area contributed by atoms with Crippen molar-refractivity contribution in [2.75, 3.05) is 18.5 Å². The number of ether oxygens (including phenoxy) is 1. The molecular formula is C13H16N5O7P. The fraction of sp³-hybridized carbons (Fsp3) is 0.462. The number of anilines is 1. The highest BCUT2D eigenvalue weighted by Gasteiger charge is 2.45. The van der Waals surface area contributed by atoms with Crippen LogP contribution in [0.5, 0.6) is 0 Å². The highest BCUT2D eigenvalue weighted by molar-refractivity contribution is 7.46. The van der Waals surface area contributed by atoms with Gasteiger partial charge in [-0.1, -0.05) is 5.92 Å². The van der Waals surface area contributed by atoms with Gasteiger partial charge in [0.2, 0.25) is 0 Å². The van der Waals surface area contributed by atoms with E-state index in [0.717, 1.165) is 0 Å². The van der Waals surface area contributed by atoms with Crippen LogP contribution >= 0.6 is 7.82 Å². The Bertz CT molecular complexity index is 877. The summed E-state index contributed by atoms with van der Waals surface area (Å²) in [6, 6.07) is 0. The molecular weight excluding hydrogens is 369 g/mol. The summed E-state index contributed by atoms with van der Waals surface area (Å²) in [7, 11) is -4.74. The number of aliphatic hydroxyl groups excluding tert-OH is 2. The van der Waals surface area contributed by atoms with E-state index in [4.69, 9.17) is 20.9 Å². The molecule has 0 unspecified atom stereocenters. The average molecular weight is 385 g/mol. The lowest BCUT2D eigenvalue weighted by Gasteiger charge is -2.16. The van der Waals surface area contributed by atoms with Crippen molar-refractivity contribution in [1.29, 1.82) is 0 Å². The van der Waals surface area contributed by atoms with Gasteiger partial charge in [0.1, 0.15) is 24.6 Å². The largest absolute Gasteiger partial charge is 0.469 e. The molecule has 2 aromatic heterocycles. The van der Waals surface area contributed by atoms with Gasteiger partial charge in [-0.3, -0.25) is 9.09 Å². The summed E-state index contributed by atoms with van der Waals surface area (Å²) in [5.41, 5.74) is 0.690. The van der Waals surface area contributed by atoms with Gasteiger partial charge >= 0.3 is 7.82 Å². The zero-order chi connectivity index (χ0) is 18.9. The predicted molar refractivity (Wildman–Crippen MR) is 86.6 cm³/mol. The van der Waals surface area contributed by atoms with Crippen LogP contribution in [0.3, 0.4) is 0 Å². The smallest absolute Gasteiger partial charge is 0.387 e. The molecule has 1 saturated heterocycles. The molecule has 3 rings (SSSR count). The van der Waals surface area contributed by atoms with Crippen LogP contribution < -0.4 is 5.32 Å². The van der Waals surface area contributed by atoms with E-state index in [1.807, 2.05) is 0 Å². The van der Waals surface area contributed by atoms with E-state index in [0.29, 0.717) is 17.0 Å². The van der Waals surface area contributed by atoms with E-state index in [2.05, 4.69) is 30.7 Å². The van der Waals surface area contributed by atoms with E-state index in [1.165, 1.54) is 17.2 Å². The molecule has 1 aliphatic heterocycles. The number of hydrogen-bond acceptors (Lipinski definition) is 9. The van der Waals surface area contributed by atoms with Gasteiger partial charge in [0.05, 0.1) is 19.5 Å². The third kappa shape index (κ3) is 3.69. The zero-order valence-corrected chi connectivity index (χ0v) is 14.1. The summed E-state index contributed by atoms with van der Waals surface area (Å²) in [4.78, 5) is 29.8. The van der Waals surface area contributed by atoms with Crippen molar-refractivity contribution in [3.63, 3.8) is 0 Å². The van der Waals surface area contributed by atoms with Gasteiger partial charge in [-0.2, -0.15) is 0 Å². The molecule has 3 heterocycles. The van der Waals surface area contributed by atoms with Gasteiger partial charge < -0.3 is 30.1 Å². The maximum atomic E-state index is 10.8. The fourth-order valence-corrected chi connectivity index (χ4v) is 2.91. The van der Waals surface area contributed by atoms with Crippen molar-refractivity contribution in [3.05, 3.63) is 12.7 Å². The monoisotopic (exact) mass is 385 g/mol. The average Bonchev–Trinajstić information content (AvgIpc) is 3.13. The van der Waals surface area contributed by atoms with Crippen LogP contribution in [0.4, 0.5) is 5.82 Å². The first-order valence-corrected chi connectivity index (χ1v) is 8.91. The second-order valence-electron chi connectivity index (χ2n) is 5.44. The second kappa shape index (κ2) is 7.26. The molecule has 4 atom stereocenters. The van der Waals surface area contributed by atoms with Crippen molar-refractivity contribution in [1.82, 2.24) is 19.5 Å². The van der Waals surface area contributed by atoms with Gasteiger partial charge in [0, 0.05) is 0 Å². The first-order chi connectivity index (χ1) is 12.3. The SMILES string of the molecule is C#CCNc1ncnc2c1ncn2[C@@H]1O[C@H](COP(=O)(O)O)[C@@H](O)[C@H]1O. The van der Waals surface area contributed by atoms with Crippen LogP contribution in [0.1, 0.15) is 6.23 Å². The Kier molecular flexibility index (Phi) is 5.22. The minimum Gasteiger partial charge on any atom is -0.387 e. The molecule has 5 N–H and O–H groups in total. The molecule has 0 aliphatic carbocycles. The topological polar surface area (TPSA) is 172 Å². The standard InChI is InChI=1S/C13H16N5O7P/c1-2-3-14-11-8-12(16-5-15-11)18(6-17-8)13-10(20)9(19)7(25-13)4-24-26(21,22)23/h1,5-7,9-10,13,19-20H,3-4H2,(H,14,15,16)(H2,21,22,23)/t7-,9-,10-,13-/m1/s1. The Morgan fingerprint density at radius 1 is 1.35 bits per heavy atom. The van der Waals surface area contributed by atoms with Gasteiger partial charge in [-0.05, 0) is 0 Å². The molecule has 0 amide bonds. The third-order valence-electron chi connectivity index (χ3n) is 3.74. The molecule has 1 fully saturated rings. The number of aliphatic hydroxyl groups is 2. The van der Waals surface area contributed by atoms with Gasteiger partial charge in [0.15, 0.2) is 23.2 Å². The number of rotatable bonds is 6. The summed E-state index contributed by atoms with van der Waals surface area (Å²) >= 11 is 0. The van der Waals surface area contributed by atoms with Crippen LogP contribution in [0.15, 0.2) is 12.7 Å². The molecule has 13 heteroatoms. The number of imidazole rings is 1. The van der Waals surface area contributed by atoms with E-state index >= 15 is 0 Å². The van der Waals surface area contributed by atoms with Crippen LogP contribution in [0, 0.1) is 12.3 Å². The van der Waals surface area contributed by atoms with Crippen molar-refractivity contribution < 1.29 is 33.8 Å². The van der Waals surface area contributed by atoms with E-state index in [-0.39, 0.29) is 6.54 Å². The number of hydrogen-bond donors (Lipinski definition) is 5. The fourth-order valence-electron chi connectivity index (χ4n) is 2.57. The predicted octanol–water partition coefficient (Wildman–Crippen LogP) is -1.40. The lowest BCUT2D eigenvalue weighted by Crippen LogP contribution is -2.33. The Labute approximate surface area is 147 Å². The third-order valence-corrected chi connectivity index (χ3v) is 4.22. The minimum absolute atomic E-state index is 0.224. The Morgan fingerprint density at radius 3 is 2.81 bits per heavy atom. The van der Waals surface area contributed by atoms with Gasteiger partial charge in [-0.25, -0.2) is 19.5 Å². The minimum atomic E-state index is -4.74. The van der Waals surface area contributed by atoms with Crippen molar-refractivity contribution in [2.24, 2.45) is 0 Å². The summed E-state index contributed by atoms with van der Waals surface area (Å²) in [5.74, 6) is 2.80. The van der Waals surface area contributed by atoms with Crippen LogP contribution in [-0.2, 0) is 13.8 Å². The Balaban J connectivity index is 1.85. The molecule has 26 heavy (non-hydrogen) atoms. The van der Waals surface area contributed by atoms with E-state index in [1.54, 1.807) is 0 Å². The molecule has 0 radical (unpaired) electrons. The summed E-state index contributed by atoms with van der Waals surface area (Å²) in [5, 5.41) is 23.2. The zero-order valence-electron chi connectivity index (χ0n) is 13.2. The molecule has 0 aromatic carbocycles. The number of terminal acetylenes is 1. The normalized spacial score (nSPS) is 26.1. The lowest BCUT2D eigenvalue weighted by molar-refractivity contribution is -0.0504. The summed E-state index contributed by atoms with van der Waals surface area (Å²) < 4.78 is 22.0. The maximum absolute atomic E-state index is 10.8. The van der Waals surface area contributed by atoms with Crippen molar-refractivity contribution in [2.45, 2.75) is 24.5 Å². The number of nitrogens with zero attached hydrogens (tertiary/aromatic N) is 4. The van der Waals surface area contributed by atoms with Crippen molar-refractivity contribution in [3.8, 4) is 12.3 Å². The molecule has 12 nitrogen and oxygen atoms in total. The molecule has 0 spiro atoms. The molecule has 140 valence electrons.